The van der Waals surface area contributed by atoms with Crippen LogP contribution < -0.4 is 16.4 Å². The molecule has 2 rings (SSSR count). The highest BCUT2D eigenvalue weighted by Gasteiger charge is 2.41. The zero-order valence-electron chi connectivity index (χ0n) is 11.0. The Labute approximate surface area is 108 Å². The van der Waals surface area contributed by atoms with E-state index in [0.29, 0.717) is 18.8 Å². The quantitative estimate of drug-likeness (QED) is 0.666. The minimum atomic E-state index is -0.791. The van der Waals surface area contributed by atoms with Crippen molar-refractivity contribution in [2.45, 2.75) is 44.6 Å². The highest BCUT2D eigenvalue weighted by molar-refractivity contribution is 5.91. The van der Waals surface area contributed by atoms with Crippen LogP contribution in [-0.4, -0.2) is 30.4 Å². The molecule has 0 radical (unpaired) electrons. The summed E-state index contributed by atoms with van der Waals surface area (Å²) in [6, 6.07) is 0. The predicted octanol–water partition coefficient (Wildman–Crippen LogP) is 0.146. The number of hydrogen-bond acceptors (Lipinski definition) is 3. The first-order valence-electron chi connectivity index (χ1n) is 6.88. The molecule has 2 aliphatic rings. The second-order valence-electron chi connectivity index (χ2n) is 5.70. The van der Waals surface area contributed by atoms with E-state index < -0.39 is 5.54 Å². The Morgan fingerprint density at radius 2 is 1.89 bits per heavy atom. The normalized spacial score (nSPS) is 24.9. The van der Waals surface area contributed by atoms with Crippen LogP contribution in [0.15, 0.2) is 0 Å². The van der Waals surface area contributed by atoms with Crippen molar-refractivity contribution in [3.8, 4) is 0 Å². The number of primary amides is 1. The molecular weight excluding hydrogens is 230 g/mol. The molecule has 0 bridgehead atoms. The van der Waals surface area contributed by atoms with Crippen LogP contribution in [-0.2, 0) is 9.59 Å². The third-order valence-electron chi connectivity index (χ3n) is 4.47. The molecule has 1 heterocycles. The molecule has 1 saturated carbocycles. The van der Waals surface area contributed by atoms with Crippen LogP contribution in [0, 0.1) is 11.8 Å². The lowest BCUT2D eigenvalue weighted by Gasteiger charge is -2.38. The van der Waals surface area contributed by atoms with E-state index in [-0.39, 0.29) is 17.7 Å². The summed E-state index contributed by atoms with van der Waals surface area (Å²) in [5.41, 5.74) is 4.72. The number of hydrogen-bond donors (Lipinski definition) is 3. The van der Waals surface area contributed by atoms with Gasteiger partial charge in [-0.05, 0) is 31.8 Å². The Hall–Kier alpha value is -1.10. The Bertz CT molecular complexity index is 333. The average molecular weight is 253 g/mol. The van der Waals surface area contributed by atoms with Gasteiger partial charge >= 0.3 is 0 Å². The van der Waals surface area contributed by atoms with E-state index in [2.05, 4.69) is 10.6 Å². The van der Waals surface area contributed by atoms with E-state index in [1.807, 2.05) is 6.92 Å². The first kappa shape index (κ1) is 13.3. The molecule has 4 N–H and O–H groups in total. The lowest BCUT2D eigenvalue weighted by Crippen LogP contribution is -2.61. The molecule has 18 heavy (non-hydrogen) atoms. The summed E-state index contributed by atoms with van der Waals surface area (Å²) < 4.78 is 0. The van der Waals surface area contributed by atoms with E-state index in [1.54, 1.807) is 0 Å². The Morgan fingerprint density at radius 3 is 2.33 bits per heavy atom. The van der Waals surface area contributed by atoms with Gasteiger partial charge in [-0.15, -0.1) is 0 Å². The molecular formula is C13H23N3O2. The van der Waals surface area contributed by atoms with E-state index >= 15 is 0 Å². The first-order valence-corrected chi connectivity index (χ1v) is 6.88. The number of nitrogens with two attached hydrogens (primary N) is 1. The molecule has 1 unspecified atom stereocenters. The molecule has 1 aliphatic carbocycles. The fourth-order valence-electron chi connectivity index (χ4n) is 2.82. The molecule has 0 aromatic rings. The molecule has 5 nitrogen and oxygen atoms in total. The van der Waals surface area contributed by atoms with Gasteiger partial charge in [0.2, 0.25) is 11.8 Å². The Kier molecular flexibility index (Phi) is 3.90. The summed E-state index contributed by atoms with van der Waals surface area (Å²) >= 11 is 0. The maximum Gasteiger partial charge on any atom is 0.243 e. The zero-order valence-corrected chi connectivity index (χ0v) is 11.0. The first-order chi connectivity index (χ1) is 8.55. The summed E-state index contributed by atoms with van der Waals surface area (Å²) in [6.45, 7) is 3.70. The second-order valence-corrected chi connectivity index (χ2v) is 5.70. The topological polar surface area (TPSA) is 84.2 Å². The Balaban J connectivity index is 1.99. The minimum absolute atomic E-state index is 0.0257. The maximum absolute atomic E-state index is 12.2. The van der Waals surface area contributed by atoms with Gasteiger partial charge in [-0.25, -0.2) is 0 Å². The van der Waals surface area contributed by atoms with Gasteiger partial charge < -0.3 is 16.4 Å². The van der Waals surface area contributed by atoms with Gasteiger partial charge in [-0.1, -0.05) is 26.2 Å². The summed E-state index contributed by atoms with van der Waals surface area (Å²) in [7, 11) is 0. The molecule has 2 amide bonds. The van der Waals surface area contributed by atoms with E-state index in [4.69, 9.17) is 5.73 Å². The molecule has 1 aliphatic heterocycles. The van der Waals surface area contributed by atoms with Crippen LogP contribution in [0.4, 0.5) is 0 Å². The highest BCUT2D eigenvalue weighted by atomic mass is 16.2. The number of amides is 2. The molecule has 0 aromatic heterocycles. The smallest absolute Gasteiger partial charge is 0.243 e. The molecule has 0 spiro atoms. The van der Waals surface area contributed by atoms with Gasteiger partial charge in [-0.2, -0.15) is 0 Å². The number of rotatable bonds is 4. The second kappa shape index (κ2) is 5.26. The highest BCUT2D eigenvalue weighted by Crippen LogP contribution is 2.29. The number of carbonyl (C=O) groups excluding carboxylic acids is 2. The van der Waals surface area contributed by atoms with Crippen molar-refractivity contribution in [3.63, 3.8) is 0 Å². The van der Waals surface area contributed by atoms with Gasteiger partial charge in [0.05, 0.1) is 0 Å². The zero-order chi connectivity index (χ0) is 13.2. The van der Waals surface area contributed by atoms with Crippen molar-refractivity contribution in [1.82, 2.24) is 10.6 Å². The summed E-state index contributed by atoms with van der Waals surface area (Å²) in [4.78, 5) is 23.9. The largest absolute Gasteiger partial charge is 0.368 e. The summed E-state index contributed by atoms with van der Waals surface area (Å²) in [5, 5.41) is 6.10. The lowest BCUT2D eigenvalue weighted by atomic mass is 9.80. The molecule has 2 fully saturated rings. The molecule has 5 heteroatoms. The fraction of sp³-hybridized carbons (Fsp3) is 0.846. The van der Waals surface area contributed by atoms with Gasteiger partial charge in [0.25, 0.3) is 0 Å². The SMILES string of the molecule is CC(C(=O)NC1(C(N)=O)CCCCC1)C1CNC1. The van der Waals surface area contributed by atoms with Crippen molar-refractivity contribution < 1.29 is 9.59 Å². The van der Waals surface area contributed by atoms with E-state index in [0.717, 1.165) is 32.4 Å². The molecule has 0 aromatic carbocycles. The van der Waals surface area contributed by atoms with Crippen molar-refractivity contribution in [2.24, 2.45) is 17.6 Å². The van der Waals surface area contributed by atoms with Crippen molar-refractivity contribution in [2.75, 3.05) is 13.1 Å². The van der Waals surface area contributed by atoms with E-state index in [1.165, 1.54) is 0 Å². The van der Waals surface area contributed by atoms with Crippen molar-refractivity contribution in [1.29, 1.82) is 0 Å². The van der Waals surface area contributed by atoms with Crippen LogP contribution in [0.2, 0.25) is 0 Å². The maximum atomic E-state index is 12.2. The van der Waals surface area contributed by atoms with Crippen LogP contribution >= 0.6 is 0 Å². The van der Waals surface area contributed by atoms with Crippen LogP contribution in [0.5, 0.6) is 0 Å². The number of carbonyl (C=O) groups is 2. The fourth-order valence-corrected chi connectivity index (χ4v) is 2.82. The molecule has 102 valence electrons. The summed E-state index contributed by atoms with van der Waals surface area (Å²) in [6.07, 6.45) is 4.41. The van der Waals surface area contributed by atoms with Crippen molar-refractivity contribution >= 4 is 11.8 Å². The van der Waals surface area contributed by atoms with Crippen molar-refractivity contribution in [3.05, 3.63) is 0 Å². The van der Waals surface area contributed by atoms with Gasteiger partial charge in [0.1, 0.15) is 5.54 Å². The molecule has 1 saturated heterocycles. The van der Waals surface area contributed by atoms with Gasteiger partial charge in [0.15, 0.2) is 0 Å². The number of nitrogens with one attached hydrogen (secondary N) is 2. The monoisotopic (exact) mass is 253 g/mol. The predicted molar refractivity (Wildman–Crippen MR) is 68.7 cm³/mol. The molecule has 1 atom stereocenters. The van der Waals surface area contributed by atoms with Crippen LogP contribution in [0.1, 0.15) is 39.0 Å². The van der Waals surface area contributed by atoms with Crippen LogP contribution in [0.25, 0.3) is 0 Å². The van der Waals surface area contributed by atoms with Crippen LogP contribution in [0.3, 0.4) is 0 Å². The lowest BCUT2D eigenvalue weighted by molar-refractivity contribution is -0.136. The van der Waals surface area contributed by atoms with E-state index in [9.17, 15) is 9.59 Å². The third-order valence-corrected chi connectivity index (χ3v) is 4.47. The average Bonchev–Trinajstić information content (AvgIpc) is 2.27. The minimum Gasteiger partial charge on any atom is -0.368 e. The Morgan fingerprint density at radius 1 is 1.28 bits per heavy atom. The third kappa shape index (κ3) is 2.51. The van der Waals surface area contributed by atoms with Gasteiger partial charge in [0, 0.05) is 5.92 Å². The van der Waals surface area contributed by atoms with Gasteiger partial charge in [-0.3, -0.25) is 9.59 Å². The summed E-state index contributed by atoms with van der Waals surface area (Å²) in [5.74, 6) is -0.0698. The standard InChI is InChI=1S/C13H23N3O2/c1-9(10-7-15-8-10)11(17)16-13(12(14)18)5-3-2-4-6-13/h9-10,15H,2-8H2,1H3,(H2,14,18)(H,16,17).